The summed E-state index contributed by atoms with van der Waals surface area (Å²) in [6.07, 6.45) is 5.66. The number of amides is 1. The number of rotatable bonds is 8. The first-order valence-corrected chi connectivity index (χ1v) is 10.3. The van der Waals surface area contributed by atoms with Crippen LogP contribution in [0.4, 0.5) is 0 Å². The third-order valence-electron chi connectivity index (χ3n) is 4.84. The van der Waals surface area contributed by atoms with Crippen molar-refractivity contribution in [2.24, 2.45) is 0 Å². The van der Waals surface area contributed by atoms with Crippen LogP contribution in [0.2, 0.25) is 5.02 Å². The third kappa shape index (κ3) is 4.71. The monoisotopic (exact) mass is 389 g/mol. The van der Waals surface area contributed by atoms with Crippen LogP contribution < -0.4 is 5.32 Å². The van der Waals surface area contributed by atoms with Gasteiger partial charge in [0.1, 0.15) is 0 Å². The van der Waals surface area contributed by atoms with Crippen molar-refractivity contribution in [3.05, 3.63) is 46.2 Å². The largest absolute Gasteiger partial charge is 0.376 e. The summed E-state index contributed by atoms with van der Waals surface area (Å²) < 4.78 is 7.54. The minimum atomic E-state index is -0.0439. The highest BCUT2D eigenvalue weighted by Gasteiger charge is 2.25. The van der Waals surface area contributed by atoms with Crippen LogP contribution in [-0.2, 0) is 17.6 Å². The quantitative estimate of drug-likeness (QED) is 0.730. The summed E-state index contributed by atoms with van der Waals surface area (Å²) in [6.45, 7) is 5.57. The summed E-state index contributed by atoms with van der Waals surface area (Å²) >= 11 is 6.03. The maximum absolute atomic E-state index is 13.1. The molecule has 2 aromatic rings. The van der Waals surface area contributed by atoms with Crippen LogP contribution in [0.25, 0.3) is 5.69 Å². The van der Waals surface area contributed by atoms with E-state index in [-0.39, 0.29) is 12.0 Å². The second-order valence-corrected chi connectivity index (χ2v) is 7.44. The first-order valence-electron chi connectivity index (χ1n) is 9.90. The Kier molecular flexibility index (Phi) is 6.91. The summed E-state index contributed by atoms with van der Waals surface area (Å²) in [4.78, 5) is 13.1. The molecule has 2 heterocycles. The number of carbonyl (C=O) groups is 1. The van der Waals surface area contributed by atoms with Gasteiger partial charge in [-0.2, -0.15) is 5.10 Å². The van der Waals surface area contributed by atoms with Crippen molar-refractivity contribution in [1.29, 1.82) is 0 Å². The van der Waals surface area contributed by atoms with E-state index < -0.39 is 0 Å². The number of hydrogen-bond acceptors (Lipinski definition) is 3. The number of aromatic nitrogens is 2. The SMILES string of the molecule is CCCc1nn(-c2ccc(Cl)cc2)c(CCC)c1C(=O)NC[C@@H]1CCCO1. The van der Waals surface area contributed by atoms with E-state index >= 15 is 0 Å². The van der Waals surface area contributed by atoms with Gasteiger partial charge in [-0.3, -0.25) is 4.79 Å². The Balaban J connectivity index is 1.93. The number of aryl methyl sites for hydroxylation is 1. The molecule has 0 unspecified atom stereocenters. The molecule has 0 saturated carbocycles. The standard InChI is InChI=1S/C21H28ClN3O2/c1-3-6-18-20(21(26)23-14-17-8-5-13-27-17)19(7-4-2)25(24-18)16-11-9-15(22)10-12-16/h9-12,17H,3-8,13-14H2,1-2H3,(H,23,26)/t17-/m0/s1. The van der Waals surface area contributed by atoms with Crippen molar-refractivity contribution in [2.45, 2.75) is 58.5 Å². The lowest BCUT2D eigenvalue weighted by Crippen LogP contribution is -2.32. The number of benzene rings is 1. The maximum atomic E-state index is 13.1. The fourth-order valence-electron chi connectivity index (χ4n) is 3.54. The van der Waals surface area contributed by atoms with E-state index in [9.17, 15) is 4.79 Å². The van der Waals surface area contributed by atoms with Gasteiger partial charge >= 0.3 is 0 Å². The van der Waals surface area contributed by atoms with Gasteiger partial charge in [-0.05, 0) is 49.9 Å². The van der Waals surface area contributed by atoms with Gasteiger partial charge in [0.15, 0.2) is 0 Å². The third-order valence-corrected chi connectivity index (χ3v) is 5.09. The minimum Gasteiger partial charge on any atom is -0.376 e. The number of halogens is 1. The lowest BCUT2D eigenvalue weighted by atomic mass is 10.1. The average molecular weight is 390 g/mol. The molecule has 1 aliphatic heterocycles. The highest BCUT2D eigenvalue weighted by atomic mass is 35.5. The van der Waals surface area contributed by atoms with E-state index in [2.05, 4.69) is 19.2 Å². The minimum absolute atomic E-state index is 0.0439. The summed E-state index contributed by atoms with van der Waals surface area (Å²) in [5.41, 5.74) is 3.49. The lowest BCUT2D eigenvalue weighted by molar-refractivity contribution is 0.0856. The number of carbonyl (C=O) groups excluding carboxylic acids is 1. The number of ether oxygens (including phenoxy) is 1. The predicted molar refractivity (Wildman–Crippen MR) is 108 cm³/mol. The highest BCUT2D eigenvalue weighted by Crippen LogP contribution is 2.23. The Hall–Kier alpha value is -1.85. The van der Waals surface area contributed by atoms with Crippen LogP contribution in [0.3, 0.4) is 0 Å². The molecule has 146 valence electrons. The molecule has 1 aromatic heterocycles. The Morgan fingerprint density at radius 3 is 2.63 bits per heavy atom. The van der Waals surface area contributed by atoms with Crippen molar-refractivity contribution >= 4 is 17.5 Å². The fourth-order valence-corrected chi connectivity index (χ4v) is 3.67. The molecule has 3 rings (SSSR count). The van der Waals surface area contributed by atoms with E-state index in [1.807, 2.05) is 28.9 Å². The molecule has 5 nitrogen and oxygen atoms in total. The zero-order valence-electron chi connectivity index (χ0n) is 16.1. The first kappa shape index (κ1) is 19.9. The van der Waals surface area contributed by atoms with Crippen LogP contribution in [0.5, 0.6) is 0 Å². The van der Waals surface area contributed by atoms with Crippen LogP contribution >= 0.6 is 11.6 Å². The van der Waals surface area contributed by atoms with Crippen molar-refractivity contribution in [3.8, 4) is 5.69 Å². The average Bonchev–Trinajstić information content (AvgIpc) is 3.30. The molecule has 1 atom stereocenters. The van der Waals surface area contributed by atoms with Crippen LogP contribution in [0.15, 0.2) is 24.3 Å². The van der Waals surface area contributed by atoms with Gasteiger partial charge in [0.25, 0.3) is 5.91 Å². The molecule has 0 spiro atoms. The van der Waals surface area contributed by atoms with Gasteiger partial charge in [-0.1, -0.05) is 38.3 Å². The molecule has 1 aliphatic rings. The predicted octanol–water partition coefficient (Wildman–Crippen LogP) is 4.34. The van der Waals surface area contributed by atoms with E-state index in [0.717, 1.165) is 67.8 Å². The molecule has 1 saturated heterocycles. The van der Waals surface area contributed by atoms with Gasteiger partial charge in [0.2, 0.25) is 0 Å². The molecule has 1 fully saturated rings. The molecule has 0 radical (unpaired) electrons. The second kappa shape index (κ2) is 9.38. The maximum Gasteiger partial charge on any atom is 0.255 e. The van der Waals surface area contributed by atoms with Gasteiger partial charge in [0.05, 0.1) is 28.7 Å². The van der Waals surface area contributed by atoms with E-state index in [1.54, 1.807) is 0 Å². The number of nitrogens with zero attached hydrogens (tertiary/aromatic N) is 2. The number of hydrogen-bond donors (Lipinski definition) is 1. The first-order chi connectivity index (χ1) is 13.1. The smallest absolute Gasteiger partial charge is 0.255 e. The number of nitrogens with one attached hydrogen (secondary N) is 1. The van der Waals surface area contributed by atoms with Crippen molar-refractivity contribution in [3.63, 3.8) is 0 Å². The second-order valence-electron chi connectivity index (χ2n) is 7.00. The van der Waals surface area contributed by atoms with Crippen LogP contribution in [0.1, 0.15) is 61.3 Å². The Morgan fingerprint density at radius 2 is 2.00 bits per heavy atom. The van der Waals surface area contributed by atoms with Crippen molar-refractivity contribution in [2.75, 3.05) is 13.2 Å². The summed E-state index contributed by atoms with van der Waals surface area (Å²) in [7, 11) is 0. The van der Waals surface area contributed by atoms with Gasteiger partial charge in [0, 0.05) is 18.2 Å². The Morgan fingerprint density at radius 1 is 1.26 bits per heavy atom. The Bertz CT molecular complexity index is 764. The topological polar surface area (TPSA) is 56.2 Å². The molecular formula is C21H28ClN3O2. The zero-order valence-corrected chi connectivity index (χ0v) is 16.9. The molecule has 27 heavy (non-hydrogen) atoms. The molecule has 1 N–H and O–H groups in total. The zero-order chi connectivity index (χ0) is 19.2. The van der Waals surface area contributed by atoms with Gasteiger partial charge in [-0.15, -0.1) is 0 Å². The van der Waals surface area contributed by atoms with Crippen LogP contribution in [0, 0.1) is 0 Å². The van der Waals surface area contributed by atoms with E-state index in [0.29, 0.717) is 11.6 Å². The highest BCUT2D eigenvalue weighted by molar-refractivity contribution is 6.30. The van der Waals surface area contributed by atoms with Gasteiger partial charge < -0.3 is 10.1 Å². The molecule has 0 bridgehead atoms. The molecule has 1 amide bonds. The van der Waals surface area contributed by atoms with Crippen molar-refractivity contribution in [1.82, 2.24) is 15.1 Å². The molecular weight excluding hydrogens is 362 g/mol. The van der Waals surface area contributed by atoms with Crippen LogP contribution in [-0.4, -0.2) is 34.9 Å². The van der Waals surface area contributed by atoms with Gasteiger partial charge in [-0.25, -0.2) is 4.68 Å². The molecule has 1 aromatic carbocycles. The van der Waals surface area contributed by atoms with E-state index in [4.69, 9.17) is 21.4 Å². The Labute approximate surface area is 166 Å². The summed E-state index contributed by atoms with van der Waals surface area (Å²) in [5.74, 6) is -0.0439. The summed E-state index contributed by atoms with van der Waals surface area (Å²) in [5, 5.41) is 8.56. The summed E-state index contributed by atoms with van der Waals surface area (Å²) in [6, 6.07) is 7.59. The molecule has 6 heteroatoms. The van der Waals surface area contributed by atoms with E-state index in [1.165, 1.54) is 0 Å². The lowest BCUT2D eigenvalue weighted by Gasteiger charge is -2.12. The fraction of sp³-hybridized carbons (Fsp3) is 0.524. The normalized spacial score (nSPS) is 16.6. The van der Waals surface area contributed by atoms with Crippen molar-refractivity contribution < 1.29 is 9.53 Å². The molecule has 0 aliphatic carbocycles.